The predicted octanol–water partition coefficient (Wildman–Crippen LogP) is 6.28. The Morgan fingerprint density at radius 1 is 0.241 bits per heavy atom. The Balaban J connectivity index is -0.000000000651. The molecule has 15 radical (unpaired) electrons. The minimum absolute atomic E-state index is 0. The van der Waals surface area contributed by atoms with E-state index >= 15 is 0 Å². The first-order valence-corrected chi connectivity index (χ1v) is 4.31. The Bertz CT molecular complexity index is 31.0. The Morgan fingerprint density at radius 2 is 0.241 bits per heavy atom. The van der Waals surface area contributed by atoms with E-state index in [4.69, 9.17) is 0 Å². The molecule has 0 fully saturated rings. The maximum atomic E-state index is 2.00. The van der Waals surface area contributed by atoms with Crippen molar-refractivity contribution >= 4 is 0 Å². The maximum Gasteiger partial charge on any atom is 0 e. The average Bonchev–Trinajstić information content (AvgIpc) is 1.99. The predicted molar refractivity (Wildman–Crippen MR) is 79.6 cm³/mol. The standard InChI is InChI=1S/2C3H7.2C2H6.4CH3.15Y/c2*1-3-2;2*1-2;;;;;;;;;;;;;;;;;;;/h2*3H,1-2H3;2*1-2H3;4*1H3;;;;;;;;;;;;;;;/q2*-1;;;4*-1;;;;;;;;;;;;;;;. The molecule has 145 valence electrons. The molecule has 0 aliphatic rings. The summed E-state index contributed by atoms with van der Waals surface area (Å²) >= 11 is 0. The largest absolute Gasteiger partial charge is 0.358 e. The Morgan fingerprint density at radius 3 is 0.241 bits per heavy atom. The summed E-state index contributed by atoms with van der Waals surface area (Å²) in [5.74, 6) is 0. The topological polar surface area (TPSA) is 0 Å². The third-order valence-corrected chi connectivity index (χ3v) is 0. The normalized spacial score (nSPS) is 1.66. The van der Waals surface area contributed by atoms with Crippen molar-refractivity contribution in [2.45, 2.75) is 55.4 Å². The van der Waals surface area contributed by atoms with E-state index in [0.717, 1.165) is 0 Å². The summed E-state index contributed by atoms with van der Waals surface area (Å²) in [4.78, 5) is 0. The summed E-state index contributed by atoms with van der Waals surface area (Å²) in [7, 11) is 0. The van der Waals surface area contributed by atoms with E-state index in [1.165, 1.54) is 0 Å². The molecule has 0 aliphatic heterocycles. The summed E-state index contributed by atoms with van der Waals surface area (Å²) in [5.41, 5.74) is 0. The zero-order valence-electron chi connectivity index (χ0n) is 21.8. The van der Waals surface area contributed by atoms with Crippen LogP contribution in [0.1, 0.15) is 55.4 Å². The molecule has 0 aromatic heterocycles. The summed E-state index contributed by atoms with van der Waals surface area (Å²) < 4.78 is 0. The molecule has 15 heteroatoms. The van der Waals surface area contributed by atoms with Gasteiger partial charge in [0.05, 0.1) is 0 Å². The van der Waals surface area contributed by atoms with Crippen molar-refractivity contribution in [2.24, 2.45) is 0 Å². The molecule has 29 heavy (non-hydrogen) atoms. The van der Waals surface area contributed by atoms with Gasteiger partial charge in [-0.1, -0.05) is 27.7 Å². The molecule has 0 bridgehead atoms. The second-order valence-electron chi connectivity index (χ2n) is 1.15. The SMILES string of the molecule is CC.CC.C[CH-]C.C[CH-]C.[CH3-].[CH3-].[CH3-].[CH3-].[Y].[Y].[Y].[Y].[Y].[Y].[Y].[Y].[Y].[Y].[Y].[Y].[Y].[Y].[Y]. The van der Waals surface area contributed by atoms with Crippen molar-refractivity contribution in [1.29, 1.82) is 0 Å². The van der Waals surface area contributed by atoms with E-state index in [-0.39, 0.29) is 520 Å². The van der Waals surface area contributed by atoms with Crippen LogP contribution < -0.4 is 0 Å². The van der Waals surface area contributed by atoms with Crippen LogP contribution in [0.2, 0.25) is 0 Å². The van der Waals surface area contributed by atoms with E-state index < -0.39 is 0 Å². The minimum atomic E-state index is 0. The van der Waals surface area contributed by atoms with E-state index in [2.05, 4.69) is 0 Å². The van der Waals surface area contributed by atoms with Gasteiger partial charge in [-0.25, -0.2) is 0 Å². The van der Waals surface area contributed by atoms with Crippen LogP contribution in [0.5, 0.6) is 0 Å². The molecule has 0 aromatic carbocycles. The van der Waals surface area contributed by atoms with Crippen LogP contribution in [0.4, 0.5) is 0 Å². The van der Waals surface area contributed by atoms with Crippen molar-refractivity contribution in [3.8, 4) is 0 Å². The van der Waals surface area contributed by atoms with Gasteiger partial charge in [-0.05, 0) is 0 Å². The van der Waals surface area contributed by atoms with E-state index in [1.54, 1.807) is 0 Å². The van der Waals surface area contributed by atoms with Gasteiger partial charge in [-0.15, -0.1) is 0 Å². The molecule has 0 rings (SSSR count). The van der Waals surface area contributed by atoms with Crippen LogP contribution in [-0.4, -0.2) is 0 Å². The number of hydrogen-bond acceptors (Lipinski definition) is 0. The van der Waals surface area contributed by atoms with Crippen molar-refractivity contribution in [3.63, 3.8) is 0 Å². The molecule has 0 amide bonds. The van der Waals surface area contributed by atoms with Crippen molar-refractivity contribution in [3.05, 3.63) is 42.5 Å². The molecule has 0 spiro atoms. The zero-order valence-corrected chi connectivity index (χ0v) is 64.4. The van der Waals surface area contributed by atoms with Gasteiger partial charge in [0.1, 0.15) is 0 Å². The molecule has 0 saturated heterocycles. The van der Waals surface area contributed by atoms with Crippen LogP contribution in [0.25, 0.3) is 0 Å². The van der Waals surface area contributed by atoms with Gasteiger partial charge in [-0.2, -0.15) is 27.7 Å². The van der Waals surface area contributed by atoms with Crippen LogP contribution in [0.15, 0.2) is 0 Å². The fourth-order valence-corrected chi connectivity index (χ4v) is 0. The summed E-state index contributed by atoms with van der Waals surface area (Å²) in [6, 6.07) is 0. The second-order valence-corrected chi connectivity index (χ2v) is 1.15. The van der Waals surface area contributed by atoms with E-state index in [1.807, 2.05) is 68.2 Å². The second kappa shape index (κ2) is 245. The van der Waals surface area contributed by atoms with Crippen LogP contribution in [0, 0.1) is 42.5 Å². The van der Waals surface area contributed by atoms with Gasteiger partial charge < -0.3 is 42.5 Å². The Labute approximate surface area is 569 Å². The zero-order chi connectivity index (χ0) is 9.41. The molecule has 0 heterocycles. The van der Waals surface area contributed by atoms with E-state index in [0.29, 0.717) is 0 Å². The average molecular weight is 1540 g/mol. The molecule has 0 atom stereocenters. The van der Waals surface area contributed by atoms with Crippen LogP contribution in [0.3, 0.4) is 0 Å². The third kappa shape index (κ3) is 294. The van der Waals surface area contributed by atoms with Crippen molar-refractivity contribution in [2.75, 3.05) is 0 Å². The molecular formula is C14H38Y15-6. The molecule has 0 nitrogen and oxygen atoms in total. The quantitative estimate of drug-likeness (QED) is 0.251. The molecule has 0 aliphatic carbocycles. The maximum absolute atomic E-state index is 2.00. The summed E-state index contributed by atoms with van der Waals surface area (Å²) in [5, 5.41) is 0. The fraction of sp³-hybridized carbons (Fsp3) is 0.571. The molecule has 0 saturated carbocycles. The third-order valence-electron chi connectivity index (χ3n) is 0. The number of rotatable bonds is 0. The van der Waals surface area contributed by atoms with E-state index in [9.17, 15) is 0 Å². The smallest absolute Gasteiger partial charge is 0 e. The van der Waals surface area contributed by atoms with Gasteiger partial charge in [0.2, 0.25) is 0 Å². The summed E-state index contributed by atoms with van der Waals surface area (Å²) in [6.45, 7) is 16.0. The van der Waals surface area contributed by atoms with Gasteiger partial charge in [-0.3, -0.25) is 0 Å². The van der Waals surface area contributed by atoms with Crippen molar-refractivity contribution < 1.29 is 491 Å². The van der Waals surface area contributed by atoms with Gasteiger partial charge in [0.15, 0.2) is 0 Å². The monoisotopic (exact) mass is 1540 g/mol. The summed E-state index contributed by atoms with van der Waals surface area (Å²) in [6.07, 6.45) is 4.00. The molecular weight excluding hydrogens is 1500 g/mol. The van der Waals surface area contributed by atoms with Crippen LogP contribution >= 0.6 is 0 Å². The fourth-order valence-electron chi connectivity index (χ4n) is 0. The van der Waals surface area contributed by atoms with Crippen molar-refractivity contribution in [1.82, 2.24) is 0 Å². The first kappa shape index (κ1) is 178. The Hall–Kier alpha value is 16.6. The number of hydrogen-bond donors (Lipinski definition) is 0. The van der Waals surface area contributed by atoms with Gasteiger partial charge in [0, 0.05) is 491 Å². The molecule has 0 aromatic rings. The molecule has 0 unspecified atom stereocenters. The first-order chi connectivity index (χ1) is 4.83. The van der Waals surface area contributed by atoms with Gasteiger partial charge >= 0.3 is 0 Å². The van der Waals surface area contributed by atoms with Crippen LogP contribution in [-0.2, 0) is 491 Å². The Kier molecular flexibility index (Phi) is 1500. The first-order valence-electron chi connectivity index (χ1n) is 4.31. The van der Waals surface area contributed by atoms with Gasteiger partial charge in [0.25, 0.3) is 0 Å². The molecule has 0 N–H and O–H groups in total. The minimum Gasteiger partial charge on any atom is -0.358 e.